The summed E-state index contributed by atoms with van der Waals surface area (Å²) in [7, 11) is 0. The van der Waals surface area contributed by atoms with Gasteiger partial charge in [0.25, 0.3) is 0 Å². The molecular formula is C19H40N4O4. The number of unbranched alkanes of at least 4 members (excludes halogenated alkanes) is 3. The number of carbonyl (C=O) groups excluding carboxylic acids is 2. The van der Waals surface area contributed by atoms with E-state index in [4.69, 9.17) is 20.9 Å². The van der Waals surface area contributed by atoms with Gasteiger partial charge in [-0.15, -0.1) is 0 Å². The molecule has 0 aliphatic heterocycles. The molecule has 6 N–H and O–H groups in total. The van der Waals surface area contributed by atoms with Crippen molar-refractivity contribution in [3.63, 3.8) is 0 Å². The molecule has 0 aromatic carbocycles. The second kappa shape index (κ2) is 16.6. The highest BCUT2D eigenvalue weighted by Crippen LogP contribution is 2.20. The van der Waals surface area contributed by atoms with Gasteiger partial charge < -0.3 is 31.6 Å². The summed E-state index contributed by atoms with van der Waals surface area (Å²) < 4.78 is 10.4. The van der Waals surface area contributed by atoms with Crippen LogP contribution in [0.2, 0.25) is 0 Å². The number of carbonyl (C=O) groups is 2. The van der Waals surface area contributed by atoms with Crippen molar-refractivity contribution >= 4 is 12.2 Å². The number of nitrogens with two attached hydrogens (primary N) is 2. The van der Waals surface area contributed by atoms with E-state index < -0.39 is 17.7 Å². The summed E-state index contributed by atoms with van der Waals surface area (Å²) in [5.74, 6) is 0. The first-order chi connectivity index (χ1) is 13.0. The van der Waals surface area contributed by atoms with Crippen LogP contribution in [0.3, 0.4) is 0 Å². The van der Waals surface area contributed by atoms with Crippen LogP contribution in [0.1, 0.15) is 71.6 Å². The summed E-state index contributed by atoms with van der Waals surface area (Å²) in [6.07, 6.45) is 6.58. The fourth-order valence-corrected chi connectivity index (χ4v) is 2.53. The molecule has 0 fully saturated rings. The lowest BCUT2D eigenvalue weighted by Gasteiger charge is -2.29. The van der Waals surface area contributed by atoms with Gasteiger partial charge >= 0.3 is 12.2 Å². The number of amides is 2. The van der Waals surface area contributed by atoms with Crippen molar-refractivity contribution < 1.29 is 19.1 Å². The fourth-order valence-electron chi connectivity index (χ4n) is 2.53. The Kier molecular flexibility index (Phi) is 15.7. The van der Waals surface area contributed by atoms with Gasteiger partial charge in [-0.25, -0.2) is 9.59 Å². The SMILES string of the molecule is CCCCNC(=O)OCCC(N)(CCCCN)CCOC(=O)NCCCC. The van der Waals surface area contributed by atoms with Gasteiger partial charge in [0.2, 0.25) is 0 Å². The molecule has 0 aromatic heterocycles. The maximum absolute atomic E-state index is 11.6. The van der Waals surface area contributed by atoms with E-state index in [0.29, 0.717) is 32.5 Å². The summed E-state index contributed by atoms with van der Waals surface area (Å²) >= 11 is 0. The van der Waals surface area contributed by atoms with E-state index in [1.165, 1.54) is 0 Å². The summed E-state index contributed by atoms with van der Waals surface area (Å²) in [6.45, 7) is 6.43. The predicted octanol–water partition coefficient (Wildman–Crippen LogP) is 2.65. The van der Waals surface area contributed by atoms with Gasteiger partial charge in [-0.2, -0.15) is 0 Å². The molecule has 0 unspecified atom stereocenters. The van der Waals surface area contributed by atoms with Gasteiger partial charge in [-0.1, -0.05) is 33.1 Å². The van der Waals surface area contributed by atoms with Crippen molar-refractivity contribution in [2.45, 2.75) is 77.2 Å². The molecule has 160 valence electrons. The average Bonchev–Trinajstić information content (AvgIpc) is 2.62. The molecule has 0 aromatic rings. The van der Waals surface area contributed by atoms with Crippen LogP contribution in [-0.4, -0.2) is 50.6 Å². The zero-order valence-electron chi connectivity index (χ0n) is 17.2. The van der Waals surface area contributed by atoms with Gasteiger partial charge in [0.1, 0.15) is 0 Å². The predicted molar refractivity (Wildman–Crippen MR) is 108 cm³/mol. The Hall–Kier alpha value is -1.54. The van der Waals surface area contributed by atoms with Crippen molar-refractivity contribution in [1.29, 1.82) is 0 Å². The molecule has 0 bridgehead atoms. The summed E-state index contributed by atoms with van der Waals surface area (Å²) in [4.78, 5) is 23.2. The monoisotopic (exact) mass is 388 g/mol. The van der Waals surface area contributed by atoms with Gasteiger partial charge in [-0.05, 0) is 45.1 Å². The van der Waals surface area contributed by atoms with E-state index in [1.807, 2.05) is 0 Å². The number of ether oxygens (including phenoxy) is 2. The molecule has 0 saturated heterocycles. The molecule has 0 aliphatic rings. The van der Waals surface area contributed by atoms with Gasteiger partial charge in [0.15, 0.2) is 0 Å². The van der Waals surface area contributed by atoms with E-state index >= 15 is 0 Å². The Morgan fingerprint density at radius 1 is 0.815 bits per heavy atom. The highest BCUT2D eigenvalue weighted by Gasteiger charge is 2.25. The molecule has 0 aliphatic carbocycles. The van der Waals surface area contributed by atoms with Gasteiger partial charge in [-0.3, -0.25) is 0 Å². The molecule has 0 radical (unpaired) electrons. The molecule has 8 nitrogen and oxygen atoms in total. The summed E-state index contributed by atoms with van der Waals surface area (Å²) in [6, 6.07) is 0. The van der Waals surface area contributed by atoms with Gasteiger partial charge in [0, 0.05) is 18.6 Å². The van der Waals surface area contributed by atoms with E-state index in [9.17, 15) is 9.59 Å². The van der Waals surface area contributed by atoms with Crippen LogP contribution in [0.4, 0.5) is 9.59 Å². The topological polar surface area (TPSA) is 129 Å². The van der Waals surface area contributed by atoms with Crippen molar-refractivity contribution in [3.05, 3.63) is 0 Å². The van der Waals surface area contributed by atoms with E-state index in [-0.39, 0.29) is 13.2 Å². The molecule has 0 heterocycles. The minimum absolute atomic E-state index is 0.236. The molecule has 0 spiro atoms. The van der Waals surface area contributed by atoms with Gasteiger partial charge in [0.05, 0.1) is 13.2 Å². The van der Waals surface area contributed by atoms with E-state index in [2.05, 4.69) is 24.5 Å². The Morgan fingerprint density at radius 3 is 1.70 bits per heavy atom. The minimum atomic E-state index is -0.553. The molecule has 0 rings (SSSR count). The highest BCUT2D eigenvalue weighted by molar-refractivity contribution is 5.67. The molecule has 0 saturated carbocycles. The molecule has 2 amide bonds. The standard InChI is InChI=1S/C19H40N4O4/c1-3-5-13-22-17(24)26-15-10-19(21,9-7-8-12-20)11-16-27-18(25)23-14-6-4-2/h3-16,20-21H2,1-2H3,(H,22,24)(H,23,25). The highest BCUT2D eigenvalue weighted by atomic mass is 16.6. The number of hydrogen-bond donors (Lipinski definition) is 4. The lowest BCUT2D eigenvalue weighted by molar-refractivity contribution is 0.115. The number of hydrogen-bond acceptors (Lipinski definition) is 6. The van der Waals surface area contributed by atoms with E-state index in [1.54, 1.807) is 0 Å². The number of nitrogens with one attached hydrogen (secondary N) is 2. The maximum atomic E-state index is 11.6. The molecule has 8 heteroatoms. The maximum Gasteiger partial charge on any atom is 0.407 e. The third-order valence-electron chi connectivity index (χ3n) is 4.39. The number of alkyl carbamates (subject to hydrolysis) is 2. The minimum Gasteiger partial charge on any atom is -0.449 e. The first-order valence-electron chi connectivity index (χ1n) is 10.3. The second-order valence-electron chi connectivity index (χ2n) is 6.94. The third-order valence-corrected chi connectivity index (χ3v) is 4.39. The van der Waals surface area contributed by atoms with Crippen LogP contribution < -0.4 is 22.1 Å². The lowest BCUT2D eigenvalue weighted by Crippen LogP contribution is -2.43. The second-order valence-corrected chi connectivity index (χ2v) is 6.94. The van der Waals surface area contributed by atoms with E-state index in [0.717, 1.165) is 44.9 Å². The summed E-state index contributed by atoms with van der Waals surface area (Å²) in [5, 5.41) is 5.42. The molecule has 0 atom stereocenters. The van der Waals surface area contributed by atoms with Crippen LogP contribution in [-0.2, 0) is 9.47 Å². The molecule has 27 heavy (non-hydrogen) atoms. The zero-order chi connectivity index (χ0) is 20.4. The largest absolute Gasteiger partial charge is 0.449 e. The Bertz CT molecular complexity index is 366. The van der Waals surface area contributed by atoms with Crippen LogP contribution in [0.5, 0.6) is 0 Å². The number of rotatable bonds is 16. The fraction of sp³-hybridized carbons (Fsp3) is 0.895. The van der Waals surface area contributed by atoms with Crippen LogP contribution in [0.15, 0.2) is 0 Å². The van der Waals surface area contributed by atoms with Crippen LogP contribution in [0, 0.1) is 0 Å². The zero-order valence-corrected chi connectivity index (χ0v) is 17.2. The lowest BCUT2D eigenvalue weighted by atomic mass is 9.87. The summed E-state index contributed by atoms with van der Waals surface area (Å²) in [5.41, 5.74) is 11.5. The Labute approximate surface area is 164 Å². The Balaban J connectivity index is 4.24. The third kappa shape index (κ3) is 15.2. The van der Waals surface area contributed by atoms with Crippen molar-refractivity contribution in [3.8, 4) is 0 Å². The normalized spacial score (nSPS) is 11.1. The quantitative estimate of drug-likeness (QED) is 0.301. The Morgan fingerprint density at radius 2 is 1.30 bits per heavy atom. The first kappa shape index (κ1) is 25.5. The van der Waals surface area contributed by atoms with Crippen molar-refractivity contribution in [2.75, 3.05) is 32.8 Å². The van der Waals surface area contributed by atoms with Crippen LogP contribution in [0.25, 0.3) is 0 Å². The smallest absolute Gasteiger partial charge is 0.407 e. The molecular weight excluding hydrogens is 348 g/mol. The van der Waals surface area contributed by atoms with Crippen molar-refractivity contribution in [2.24, 2.45) is 11.5 Å². The van der Waals surface area contributed by atoms with Crippen molar-refractivity contribution in [1.82, 2.24) is 10.6 Å². The average molecular weight is 389 g/mol. The van der Waals surface area contributed by atoms with Crippen LogP contribution >= 0.6 is 0 Å². The first-order valence-corrected chi connectivity index (χ1v) is 10.3.